The predicted octanol–water partition coefficient (Wildman–Crippen LogP) is 2.64. The summed E-state index contributed by atoms with van der Waals surface area (Å²) in [6.45, 7) is 5.94. The van der Waals surface area contributed by atoms with Gasteiger partial charge < -0.3 is 10.8 Å². The van der Waals surface area contributed by atoms with Crippen molar-refractivity contribution in [3.8, 4) is 0 Å². The Morgan fingerprint density at radius 2 is 2.10 bits per heavy atom. The molecule has 2 unspecified atom stereocenters. The average Bonchev–Trinajstić information content (AvgIpc) is 2.48. The molecule has 0 aliphatic heterocycles. The summed E-state index contributed by atoms with van der Waals surface area (Å²) in [6, 6.07) is 10.5. The Balaban J connectivity index is 2.03. The Hall–Kier alpha value is -0.900. The summed E-state index contributed by atoms with van der Waals surface area (Å²) >= 11 is 0. The fourth-order valence-corrected chi connectivity index (χ4v) is 3.83. The molecule has 1 saturated carbocycles. The van der Waals surface area contributed by atoms with E-state index in [1.54, 1.807) is 0 Å². The van der Waals surface area contributed by atoms with E-state index >= 15 is 0 Å². The summed E-state index contributed by atoms with van der Waals surface area (Å²) < 4.78 is 0. The zero-order valence-corrected chi connectivity index (χ0v) is 13.3. The molecule has 21 heavy (non-hydrogen) atoms. The second-order valence-corrected chi connectivity index (χ2v) is 6.83. The van der Waals surface area contributed by atoms with Crippen LogP contribution in [0.1, 0.15) is 38.2 Å². The van der Waals surface area contributed by atoms with E-state index in [4.69, 9.17) is 5.73 Å². The maximum Gasteiger partial charge on any atom is 0.0558 e. The van der Waals surface area contributed by atoms with Gasteiger partial charge in [-0.05, 0) is 36.3 Å². The third-order valence-corrected chi connectivity index (χ3v) is 4.84. The monoisotopic (exact) mass is 290 g/mol. The van der Waals surface area contributed by atoms with Gasteiger partial charge in [-0.3, -0.25) is 4.90 Å². The Kier molecular flexibility index (Phi) is 6.22. The van der Waals surface area contributed by atoms with Crippen LogP contribution < -0.4 is 5.73 Å². The van der Waals surface area contributed by atoms with Gasteiger partial charge in [-0.25, -0.2) is 0 Å². The number of hydrogen-bond acceptors (Lipinski definition) is 3. The Morgan fingerprint density at radius 3 is 2.71 bits per heavy atom. The maximum absolute atomic E-state index is 9.38. The van der Waals surface area contributed by atoms with Gasteiger partial charge in [0.25, 0.3) is 0 Å². The van der Waals surface area contributed by atoms with Crippen LogP contribution in [0.15, 0.2) is 30.3 Å². The van der Waals surface area contributed by atoms with Gasteiger partial charge >= 0.3 is 0 Å². The van der Waals surface area contributed by atoms with Gasteiger partial charge in [-0.15, -0.1) is 0 Å². The van der Waals surface area contributed by atoms with Crippen molar-refractivity contribution in [1.82, 2.24) is 4.90 Å². The third-order valence-electron chi connectivity index (χ3n) is 4.84. The fraction of sp³-hybridized carbons (Fsp3) is 0.667. The lowest BCUT2D eigenvalue weighted by molar-refractivity contribution is 0.0735. The number of nitrogens with zero attached hydrogens (tertiary/aromatic N) is 1. The summed E-state index contributed by atoms with van der Waals surface area (Å²) in [7, 11) is 0. The molecule has 0 aromatic heterocycles. The quantitative estimate of drug-likeness (QED) is 0.811. The summed E-state index contributed by atoms with van der Waals surface area (Å²) in [5.41, 5.74) is 7.69. The van der Waals surface area contributed by atoms with Crippen molar-refractivity contribution in [3.63, 3.8) is 0 Å². The van der Waals surface area contributed by atoms with E-state index in [-0.39, 0.29) is 12.0 Å². The standard InChI is InChI=1S/C18H30N2O/c1-16-6-5-9-18(12-16,14-19)15-20(10-11-21)13-17-7-3-2-4-8-17/h2-4,7-8,16,21H,5-6,9-15,19H2,1H3. The average molecular weight is 290 g/mol. The lowest BCUT2D eigenvalue weighted by Gasteiger charge is -2.42. The van der Waals surface area contributed by atoms with Crippen LogP contribution in [0.3, 0.4) is 0 Å². The van der Waals surface area contributed by atoms with Gasteiger partial charge in [0.1, 0.15) is 0 Å². The van der Waals surface area contributed by atoms with E-state index in [2.05, 4.69) is 36.1 Å². The second kappa shape index (κ2) is 7.92. The SMILES string of the molecule is CC1CCCC(CN)(CN(CCO)Cc2ccccc2)C1. The topological polar surface area (TPSA) is 49.5 Å². The van der Waals surface area contributed by atoms with Crippen LogP contribution in [-0.2, 0) is 6.54 Å². The first-order chi connectivity index (χ1) is 10.2. The number of rotatable bonds is 7. The molecule has 118 valence electrons. The molecule has 1 aliphatic carbocycles. The van der Waals surface area contributed by atoms with Crippen molar-refractivity contribution in [2.75, 3.05) is 26.2 Å². The van der Waals surface area contributed by atoms with Crippen molar-refractivity contribution in [3.05, 3.63) is 35.9 Å². The lowest BCUT2D eigenvalue weighted by atomic mass is 9.69. The molecule has 0 amide bonds. The van der Waals surface area contributed by atoms with Crippen molar-refractivity contribution >= 4 is 0 Å². The highest BCUT2D eigenvalue weighted by atomic mass is 16.3. The zero-order valence-electron chi connectivity index (χ0n) is 13.3. The van der Waals surface area contributed by atoms with Crippen LogP contribution >= 0.6 is 0 Å². The van der Waals surface area contributed by atoms with E-state index in [1.807, 2.05) is 6.07 Å². The molecule has 2 atom stereocenters. The highest BCUT2D eigenvalue weighted by Gasteiger charge is 2.35. The summed E-state index contributed by atoms with van der Waals surface area (Å²) in [5, 5.41) is 9.38. The van der Waals surface area contributed by atoms with Gasteiger partial charge in [-0.2, -0.15) is 0 Å². The molecule has 0 saturated heterocycles. The zero-order chi connectivity index (χ0) is 15.1. The first-order valence-electron chi connectivity index (χ1n) is 8.25. The van der Waals surface area contributed by atoms with Gasteiger partial charge in [0.05, 0.1) is 6.61 Å². The van der Waals surface area contributed by atoms with E-state index in [0.717, 1.165) is 32.1 Å². The lowest BCUT2D eigenvalue weighted by Crippen LogP contribution is -2.45. The number of aliphatic hydroxyl groups excluding tert-OH is 1. The molecule has 0 radical (unpaired) electrons. The molecule has 1 aliphatic rings. The second-order valence-electron chi connectivity index (χ2n) is 6.83. The van der Waals surface area contributed by atoms with Gasteiger partial charge in [0.2, 0.25) is 0 Å². The highest BCUT2D eigenvalue weighted by Crippen LogP contribution is 2.39. The van der Waals surface area contributed by atoms with Crippen molar-refractivity contribution in [2.45, 2.75) is 39.2 Å². The van der Waals surface area contributed by atoms with Crippen LogP contribution in [0, 0.1) is 11.3 Å². The van der Waals surface area contributed by atoms with Gasteiger partial charge in [-0.1, -0.05) is 50.1 Å². The van der Waals surface area contributed by atoms with Crippen LogP contribution in [0.4, 0.5) is 0 Å². The molecule has 3 N–H and O–H groups in total. The molecular weight excluding hydrogens is 260 g/mol. The molecule has 0 spiro atoms. The highest BCUT2D eigenvalue weighted by molar-refractivity contribution is 5.14. The van der Waals surface area contributed by atoms with Crippen LogP contribution in [0.5, 0.6) is 0 Å². The van der Waals surface area contributed by atoms with Crippen LogP contribution in [0.2, 0.25) is 0 Å². The summed E-state index contributed by atoms with van der Waals surface area (Å²) in [6.07, 6.45) is 5.07. The first-order valence-corrected chi connectivity index (χ1v) is 8.25. The van der Waals surface area contributed by atoms with E-state index in [9.17, 15) is 5.11 Å². The smallest absolute Gasteiger partial charge is 0.0558 e. The fourth-order valence-electron chi connectivity index (χ4n) is 3.83. The summed E-state index contributed by atoms with van der Waals surface area (Å²) in [4.78, 5) is 2.38. The third kappa shape index (κ3) is 4.80. The Morgan fingerprint density at radius 1 is 1.33 bits per heavy atom. The molecule has 1 aromatic carbocycles. The minimum absolute atomic E-state index is 0.211. The number of hydrogen-bond donors (Lipinski definition) is 2. The van der Waals surface area contributed by atoms with Crippen LogP contribution in [0.25, 0.3) is 0 Å². The molecule has 1 aromatic rings. The Labute approximate surface area is 129 Å². The van der Waals surface area contributed by atoms with E-state index in [0.29, 0.717) is 0 Å². The predicted molar refractivity (Wildman–Crippen MR) is 87.9 cm³/mol. The minimum Gasteiger partial charge on any atom is -0.395 e. The normalized spacial score (nSPS) is 26.2. The van der Waals surface area contributed by atoms with Gasteiger partial charge in [0.15, 0.2) is 0 Å². The molecule has 0 heterocycles. The van der Waals surface area contributed by atoms with Crippen LogP contribution in [-0.4, -0.2) is 36.2 Å². The maximum atomic E-state index is 9.38. The molecule has 2 rings (SSSR count). The first kappa shape index (κ1) is 16.5. The molecular formula is C18H30N2O. The molecule has 3 heteroatoms. The largest absolute Gasteiger partial charge is 0.395 e. The van der Waals surface area contributed by atoms with Crippen molar-refractivity contribution in [1.29, 1.82) is 0 Å². The molecule has 0 bridgehead atoms. The number of benzene rings is 1. The van der Waals surface area contributed by atoms with E-state index in [1.165, 1.54) is 31.2 Å². The molecule has 3 nitrogen and oxygen atoms in total. The minimum atomic E-state index is 0.211. The molecule has 1 fully saturated rings. The van der Waals surface area contributed by atoms with E-state index < -0.39 is 0 Å². The summed E-state index contributed by atoms with van der Waals surface area (Å²) in [5.74, 6) is 0.773. The Bertz CT molecular complexity index is 409. The van der Waals surface area contributed by atoms with Crippen molar-refractivity contribution in [2.24, 2.45) is 17.1 Å². The number of aliphatic hydroxyl groups is 1. The number of nitrogens with two attached hydrogens (primary N) is 1. The van der Waals surface area contributed by atoms with Gasteiger partial charge in [0, 0.05) is 19.6 Å². The van der Waals surface area contributed by atoms with Crippen molar-refractivity contribution < 1.29 is 5.11 Å².